The fourth-order valence-electron chi connectivity index (χ4n) is 2.79. The van der Waals surface area contributed by atoms with Gasteiger partial charge in [0.1, 0.15) is 0 Å². The highest BCUT2D eigenvalue weighted by Gasteiger charge is 2.14. The molecule has 0 radical (unpaired) electrons. The average molecular weight is 501 g/mol. The summed E-state index contributed by atoms with van der Waals surface area (Å²) in [4.78, 5) is 12.7. The topological polar surface area (TPSA) is 52.6 Å². The molecule has 2 rings (SSSR count). The van der Waals surface area contributed by atoms with Crippen LogP contribution >= 0.6 is 35.3 Å². The minimum absolute atomic E-state index is 0. The van der Waals surface area contributed by atoms with Crippen molar-refractivity contribution in [3.63, 3.8) is 0 Å². The molecule has 0 saturated carbocycles. The van der Waals surface area contributed by atoms with Crippen LogP contribution in [0.15, 0.2) is 29.3 Å². The first-order chi connectivity index (χ1) is 12.4. The Bertz CT molecular complexity index is 724. The van der Waals surface area contributed by atoms with Gasteiger partial charge in [-0.2, -0.15) is 0 Å². The van der Waals surface area contributed by atoms with E-state index in [2.05, 4.69) is 72.7 Å². The van der Waals surface area contributed by atoms with Gasteiger partial charge in [0, 0.05) is 18.0 Å². The fourth-order valence-corrected chi connectivity index (χ4v) is 3.65. The van der Waals surface area contributed by atoms with E-state index in [-0.39, 0.29) is 30.0 Å². The van der Waals surface area contributed by atoms with Crippen molar-refractivity contribution in [1.82, 2.24) is 20.5 Å². The van der Waals surface area contributed by atoms with Crippen molar-refractivity contribution >= 4 is 41.3 Å². The van der Waals surface area contributed by atoms with Gasteiger partial charge in [-0.15, -0.1) is 35.3 Å². The molecule has 7 heteroatoms. The number of halogens is 1. The van der Waals surface area contributed by atoms with E-state index in [1.54, 1.807) is 11.3 Å². The lowest BCUT2D eigenvalue weighted by Gasteiger charge is -2.26. The molecular weight excluding hydrogens is 469 g/mol. The molecule has 1 aromatic heterocycles. The van der Waals surface area contributed by atoms with Crippen LogP contribution in [0, 0.1) is 20.8 Å². The first kappa shape index (κ1) is 23.8. The maximum atomic E-state index is 4.74. The minimum atomic E-state index is 0. The zero-order valence-corrected chi connectivity index (χ0v) is 20.3. The van der Waals surface area contributed by atoms with Gasteiger partial charge in [-0.25, -0.2) is 9.98 Å². The van der Waals surface area contributed by atoms with Crippen molar-refractivity contribution in [2.24, 2.45) is 4.99 Å². The van der Waals surface area contributed by atoms with Gasteiger partial charge in [0.15, 0.2) is 5.96 Å². The van der Waals surface area contributed by atoms with Gasteiger partial charge in [-0.1, -0.05) is 29.8 Å². The molecule has 2 aromatic rings. The number of likely N-dealkylation sites (N-methyl/N-ethyl adjacent to an activating group) is 1. The Hall–Kier alpha value is -1.19. The van der Waals surface area contributed by atoms with Crippen molar-refractivity contribution in [2.75, 3.05) is 27.2 Å². The third kappa shape index (κ3) is 7.38. The zero-order valence-electron chi connectivity index (χ0n) is 17.2. The third-order valence-corrected chi connectivity index (χ3v) is 5.33. The van der Waals surface area contributed by atoms with Gasteiger partial charge in [-0.05, 0) is 47.4 Å². The van der Waals surface area contributed by atoms with Crippen LogP contribution < -0.4 is 10.6 Å². The number of hydrogen-bond donors (Lipinski definition) is 2. The molecule has 1 heterocycles. The van der Waals surface area contributed by atoms with Crippen molar-refractivity contribution in [3.05, 3.63) is 51.0 Å². The number of nitrogens with zero attached hydrogens (tertiary/aromatic N) is 3. The molecule has 0 aliphatic rings. The van der Waals surface area contributed by atoms with E-state index in [1.165, 1.54) is 16.0 Å². The number of guanidine groups is 1. The second-order valence-electron chi connectivity index (χ2n) is 6.71. The highest BCUT2D eigenvalue weighted by Crippen LogP contribution is 2.19. The lowest BCUT2D eigenvalue weighted by molar-refractivity contribution is 0.298. The summed E-state index contributed by atoms with van der Waals surface area (Å²) in [7, 11) is 4.22. The summed E-state index contributed by atoms with van der Waals surface area (Å²) in [6.07, 6.45) is 0. The second kappa shape index (κ2) is 11.6. The molecule has 0 aliphatic heterocycles. The molecule has 5 nitrogen and oxygen atoms in total. The van der Waals surface area contributed by atoms with Gasteiger partial charge in [-0.3, -0.25) is 0 Å². The van der Waals surface area contributed by atoms with E-state index in [0.717, 1.165) is 29.8 Å². The van der Waals surface area contributed by atoms with E-state index in [1.807, 2.05) is 13.8 Å². The number of rotatable bonds is 7. The Morgan fingerprint density at radius 3 is 2.33 bits per heavy atom. The summed E-state index contributed by atoms with van der Waals surface area (Å²) in [6.45, 7) is 10.6. The lowest BCUT2D eigenvalue weighted by atomic mass is 10.0. The van der Waals surface area contributed by atoms with Gasteiger partial charge in [0.25, 0.3) is 0 Å². The molecular formula is C20H32IN5S. The number of aryl methyl sites for hydroxylation is 3. The van der Waals surface area contributed by atoms with Crippen LogP contribution in [-0.2, 0) is 6.54 Å². The molecule has 0 amide bonds. The molecule has 0 bridgehead atoms. The first-order valence-corrected chi connectivity index (χ1v) is 9.90. The Morgan fingerprint density at radius 2 is 1.81 bits per heavy atom. The number of hydrogen-bond acceptors (Lipinski definition) is 4. The molecule has 0 aliphatic carbocycles. The standard InChI is InChI=1S/C20H31N5S.HI/c1-7-21-20(23-13-19-15(3)24-16(4)26-19)22-12-18(25(5)6)17-10-8-14(2)9-11-17;/h8-11,18H,7,12-13H2,1-6H3,(H2,21,22,23);1H. The number of nitrogens with one attached hydrogen (secondary N) is 2. The van der Waals surface area contributed by atoms with Crippen LogP contribution in [-0.4, -0.2) is 43.0 Å². The number of benzene rings is 1. The van der Waals surface area contributed by atoms with Crippen LogP contribution in [0.3, 0.4) is 0 Å². The number of thiazole rings is 1. The first-order valence-electron chi connectivity index (χ1n) is 9.08. The quantitative estimate of drug-likeness (QED) is 0.342. The maximum Gasteiger partial charge on any atom is 0.191 e. The lowest BCUT2D eigenvalue weighted by Crippen LogP contribution is -2.41. The van der Waals surface area contributed by atoms with Crippen LogP contribution in [0.5, 0.6) is 0 Å². The zero-order chi connectivity index (χ0) is 19.1. The fraction of sp³-hybridized carbons (Fsp3) is 0.500. The van der Waals surface area contributed by atoms with Crippen LogP contribution in [0.25, 0.3) is 0 Å². The van der Waals surface area contributed by atoms with E-state index < -0.39 is 0 Å². The second-order valence-corrected chi connectivity index (χ2v) is 8.00. The molecule has 0 fully saturated rings. The largest absolute Gasteiger partial charge is 0.357 e. The predicted octanol–water partition coefficient (Wildman–Crippen LogP) is 4.04. The summed E-state index contributed by atoms with van der Waals surface area (Å²) < 4.78 is 0. The van der Waals surface area contributed by atoms with E-state index in [9.17, 15) is 0 Å². The average Bonchev–Trinajstić information content (AvgIpc) is 2.91. The molecule has 1 atom stereocenters. The van der Waals surface area contributed by atoms with E-state index >= 15 is 0 Å². The van der Waals surface area contributed by atoms with E-state index in [4.69, 9.17) is 4.99 Å². The Morgan fingerprint density at radius 1 is 1.15 bits per heavy atom. The molecule has 0 spiro atoms. The summed E-state index contributed by atoms with van der Waals surface area (Å²) >= 11 is 1.72. The molecule has 150 valence electrons. The molecule has 1 aromatic carbocycles. The van der Waals surface area contributed by atoms with Crippen molar-refractivity contribution in [3.8, 4) is 0 Å². The van der Waals surface area contributed by atoms with Crippen LogP contribution in [0.4, 0.5) is 0 Å². The van der Waals surface area contributed by atoms with Crippen molar-refractivity contribution < 1.29 is 0 Å². The van der Waals surface area contributed by atoms with Crippen LogP contribution in [0.2, 0.25) is 0 Å². The summed E-state index contributed by atoms with van der Waals surface area (Å²) in [5.74, 6) is 0.844. The van der Waals surface area contributed by atoms with Gasteiger partial charge in [0.2, 0.25) is 0 Å². The Balaban J connectivity index is 0.00000364. The third-order valence-electron chi connectivity index (χ3n) is 4.27. The normalized spacial score (nSPS) is 12.6. The van der Waals surface area contributed by atoms with Crippen LogP contribution in [0.1, 0.15) is 39.7 Å². The molecule has 0 saturated heterocycles. The number of aromatic nitrogens is 1. The highest BCUT2D eigenvalue weighted by atomic mass is 127. The van der Waals surface area contributed by atoms with Crippen molar-refractivity contribution in [1.29, 1.82) is 0 Å². The predicted molar refractivity (Wildman–Crippen MR) is 127 cm³/mol. The summed E-state index contributed by atoms with van der Waals surface area (Å²) in [5.41, 5.74) is 3.67. The number of aliphatic imine (C=N–C) groups is 1. The Labute approximate surface area is 184 Å². The van der Waals surface area contributed by atoms with Gasteiger partial charge in [0.05, 0.1) is 23.3 Å². The monoisotopic (exact) mass is 501 g/mol. The maximum absolute atomic E-state index is 4.74. The molecule has 27 heavy (non-hydrogen) atoms. The van der Waals surface area contributed by atoms with Crippen molar-refractivity contribution in [2.45, 2.75) is 40.3 Å². The smallest absolute Gasteiger partial charge is 0.191 e. The summed E-state index contributed by atoms with van der Waals surface area (Å²) in [6, 6.07) is 9.02. The highest BCUT2D eigenvalue weighted by molar-refractivity contribution is 14.0. The minimum Gasteiger partial charge on any atom is -0.357 e. The summed E-state index contributed by atoms with van der Waals surface area (Å²) in [5, 5.41) is 7.93. The Kier molecular flexibility index (Phi) is 10.3. The van der Waals surface area contributed by atoms with Gasteiger partial charge >= 0.3 is 0 Å². The van der Waals surface area contributed by atoms with E-state index in [0.29, 0.717) is 6.54 Å². The molecule has 2 N–H and O–H groups in total. The molecule has 1 unspecified atom stereocenters. The SMILES string of the molecule is CCNC(=NCc1sc(C)nc1C)NCC(c1ccc(C)cc1)N(C)C.I. The van der Waals surface area contributed by atoms with Gasteiger partial charge < -0.3 is 15.5 Å².